The fraction of sp³-hybridized carbons (Fsp3) is 0.389. The van der Waals surface area contributed by atoms with Gasteiger partial charge in [-0.1, -0.05) is 0 Å². The average Bonchev–Trinajstić information content (AvgIpc) is 2.97. The van der Waals surface area contributed by atoms with E-state index in [0.29, 0.717) is 28.2 Å². The van der Waals surface area contributed by atoms with Gasteiger partial charge in [-0.05, 0) is 26.0 Å². The van der Waals surface area contributed by atoms with E-state index in [9.17, 15) is 22.8 Å². The van der Waals surface area contributed by atoms with Crippen LogP contribution < -0.4 is 16.2 Å². The lowest BCUT2D eigenvalue weighted by atomic mass is 10.1. The third-order valence-corrected chi connectivity index (χ3v) is 4.52. The number of hydrazine groups is 1. The van der Waals surface area contributed by atoms with Gasteiger partial charge in [0, 0.05) is 29.8 Å². The highest BCUT2D eigenvalue weighted by Crippen LogP contribution is 2.31. The molecule has 1 unspecified atom stereocenters. The van der Waals surface area contributed by atoms with Crippen LogP contribution in [-0.4, -0.2) is 40.5 Å². The summed E-state index contributed by atoms with van der Waals surface area (Å²) in [6.07, 6.45) is -1.37. The molecule has 3 rings (SSSR count). The number of carbonyl (C=O) groups is 2. The topological polar surface area (TPSA) is 95.6 Å². The first-order chi connectivity index (χ1) is 13.6. The van der Waals surface area contributed by atoms with Crippen LogP contribution in [-0.2, 0) is 16.1 Å². The van der Waals surface area contributed by atoms with E-state index in [2.05, 4.69) is 21.2 Å². The zero-order valence-electron chi connectivity index (χ0n) is 16.0. The van der Waals surface area contributed by atoms with Crippen LogP contribution in [0.15, 0.2) is 35.5 Å². The summed E-state index contributed by atoms with van der Waals surface area (Å²) in [5.74, 6) is -0.227. The Morgan fingerprint density at radius 3 is 2.76 bits per heavy atom. The second-order valence-electron chi connectivity index (χ2n) is 6.74. The van der Waals surface area contributed by atoms with Gasteiger partial charge in [0.25, 0.3) is 5.91 Å². The summed E-state index contributed by atoms with van der Waals surface area (Å²) in [4.78, 5) is 29.9. The molecule has 3 heterocycles. The Labute approximate surface area is 164 Å². The maximum absolute atomic E-state index is 12.8. The second kappa shape index (κ2) is 7.64. The number of hydrogen-bond donors (Lipinski definition) is 3. The molecule has 3 N–H and O–H groups in total. The number of nitrogens with zero attached hydrogens (tertiary/aromatic N) is 2. The highest BCUT2D eigenvalue weighted by Gasteiger charge is 2.35. The summed E-state index contributed by atoms with van der Waals surface area (Å²) < 4.78 is 41.8. The minimum atomic E-state index is -4.44. The van der Waals surface area contributed by atoms with Gasteiger partial charge in [-0.15, -0.1) is 0 Å². The van der Waals surface area contributed by atoms with Gasteiger partial charge in [0.05, 0.1) is 18.3 Å². The normalized spacial score (nSPS) is 17.2. The SMILES string of the molecule is CC(=O)Nc1nccc2c1CN(C(C)C1=CC(C)=C(OCC(F)(F)F)NN1)C2=O. The molecular formula is C18H20F3N5O3. The van der Waals surface area contributed by atoms with Crippen molar-refractivity contribution in [1.29, 1.82) is 0 Å². The van der Waals surface area contributed by atoms with Crippen molar-refractivity contribution in [2.45, 2.75) is 39.5 Å². The lowest BCUT2D eigenvalue weighted by molar-refractivity contribution is -0.166. The molecule has 11 heteroatoms. The number of nitrogens with one attached hydrogen (secondary N) is 3. The molecule has 0 spiro atoms. The molecule has 1 aromatic rings. The Balaban J connectivity index is 1.77. The van der Waals surface area contributed by atoms with E-state index in [4.69, 9.17) is 4.74 Å². The molecule has 0 aliphatic carbocycles. The summed E-state index contributed by atoms with van der Waals surface area (Å²) in [6.45, 7) is 3.56. The predicted molar refractivity (Wildman–Crippen MR) is 96.9 cm³/mol. The number of anilines is 1. The maximum atomic E-state index is 12.8. The fourth-order valence-corrected chi connectivity index (χ4v) is 3.10. The zero-order chi connectivity index (χ0) is 21.3. The summed E-state index contributed by atoms with van der Waals surface area (Å²) in [7, 11) is 0. The molecule has 156 valence electrons. The van der Waals surface area contributed by atoms with Crippen LogP contribution in [0.25, 0.3) is 0 Å². The Hall–Kier alpha value is -3.24. The van der Waals surface area contributed by atoms with Crippen LogP contribution in [0.4, 0.5) is 19.0 Å². The number of aromatic nitrogens is 1. The molecule has 0 fully saturated rings. The molecule has 0 aromatic carbocycles. The van der Waals surface area contributed by atoms with Crippen LogP contribution >= 0.6 is 0 Å². The summed E-state index contributed by atoms with van der Waals surface area (Å²) in [5, 5.41) is 2.62. The quantitative estimate of drug-likeness (QED) is 0.688. The molecule has 0 radical (unpaired) electrons. The van der Waals surface area contributed by atoms with Gasteiger partial charge < -0.3 is 20.4 Å². The van der Waals surface area contributed by atoms with Gasteiger partial charge >= 0.3 is 6.18 Å². The summed E-state index contributed by atoms with van der Waals surface area (Å²) in [6, 6.07) is 1.16. The standard InChI is InChI=1S/C18H20F3N5O3/c1-9-6-14(24-25-16(9)29-8-18(19,20)21)10(2)26-7-13-12(17(26)28)4-5-22-15(13)23-11(3)27/h4-6,10,24-25H,7-8H2,1-3H3,(H,22,23,27). The van der Waals surface area contributed by atoms with E-state index in [1.807, 2.05) is 0 Å². The molecule has 1 aromatic heterocycles. The number of alkyl halides is 3. The number of pyridine rings is 1. The Bertz CT molecular complexity index is 910. The minimum Gasteiger partial charge on any atom is -0.468 e. The Morgan fingerprint density at radius 2 is 2.14 bits per heavy atom. The molecular weight excluding hydrogens is 391 g/mol. The van der Waals surface area contributed by atoms with E-state index < -0.39 is 18.8 Å². The number of halogens is 3. The van der Waals surface area contributed by atoms with Crippen LogP contribution in [0.3, 0.4) is 0 Å². The number of rotatable bonds is 5. The molecule has 2 amide bonds. The first kappa shape index (κ1) is 20.5. The fourth-order valence-electron chi connectivity index (χ4n) is 3.10. The number of fused-ring (bicyclic) bond motifs is 1. The lowest BCUT2D eigenvalue weighted by Crippen LogP contribution is -2.45. The van der Waals surface area contributed by atoms with Crippen molar-refractivity contribution in [3.05, 3.63) is 46.6 Å². The molecule has 2 aliphatic rings. The van der Waals surface area contributed by atoms with Crippen LogP contribution in [0.1, 0.15) is 36.7 Å². The largest absolute Gasteiger partial charge is 0.468 e. The van der Waals surface area contributed by atoms with Crippen LogP contribution in [0, 0.1) is 0 Å². The third-order valence-electron chi connectivity index (χ3n) is 4.52. The molecule has 2 aliphatic heterocycles. The first-order valence-electron chi connectivity index (χ1n) is 8.77. The highest BCUT2D eigenvalue weighted by atomic mass is 19.4. The average molecular weight is 411 g/mol. The van der Waals surface area contributed by atoms with Crippen molar-refractivity contribution < 1.29 is 27.5 Å². The molecule has 0 bridgehead atoms. The highest BCUT2D eigenvalue weighted by molar-refractivity contribution is 6.01. The van der Waals surface area contributed by atoms with Crippen molar-refractivity contribution in [1.82, 2.24) is 20.7 Å². The summed E-state index contributed by atoms with van der Waals surface area (Å²) in [5.41, 5.74) is 7.49. The number of hydrogen-bond acceptors (Lipinski definition) is 6. The van der Waals surface area contributed by atoms with E-state index in [1.54, 1.807) is 30.9 Å². The Morgan fingerprint density at radius 1 is 1.41 bits per heavy atom. The first-order valence-corrected chi connectivity index (χ1v) is 8.77. The third kappa shape index (κ3) is 4.44. The Kier molecular flexibility index (Phi) is 5.40. The van der Waals surface area contributed by atoms with E-state index in [0.717, 1.165) is 0 Å². The van der Waals surface area contributed by atoms with Crippen molar-refractivity contribution in [3.8, 4) is 0 Å². The van der Waals surface area contributed by atoms with Gasteiger partial charge in [-0.2, -0.15) is 13.2 Å². The molecule has 8 nitrogen and oxygen atoms in total. The second-order valence-corrected chi connectivity index (χ2v) is 6.74. The monoisotopic (exact) mass is 411 g/mol. The summed E-state index contributed by atoms with van der Waals surface area (Å²) >= 11 is 0. The maximum Gasteiger partial charge on any atom is 0.422 e. The molecule has 29 heavy (non-hydrogen) atoms. The van der Waals surface area contributed by atoms with Gasteiger partial charge in [0.2, 0.25) is 11.8 Å². The van der Waals surface area contributed by atoms with Gasteiger partial charge in [0.1, 0.15) is 5.82 Å². The zero-order valence-corrected chi connectivity index (χ0v) is 16.0. The lowest BCUT2D eigenvalue weighted by Gasteiger charge is -2.31. The smallest absolute Gasteiger partial charge is 0.422 e. The van der Waals surface area contributed by atoms with Crippen molar-refractivity contribution in [2.75, 3.05) is 11.9 Å². The van der Waals surface area contributed by atoms with Gasteiger partial charge in [-0.25, -0.2) is 4.98 Å². The van der Waals surface area contributed by atoms with Crippen LogP contribution in [0.2, 0.25) is 0 Å². The van der Waals surface area contributed by atoms with E-state index >= 15 is 0 Å². The van der Waals surface area contributed by atoms with Crippen molar-refractivity contribution in [2.24, 2.45) is 0 Å². The van der Waals surface area contributed by atoms with E-state index in [-0.39, 0.29) is 24.2 Å². The number of allylic oxidation sites excluding steroid dienone is 2. The predicted octanol–water partition coefficient (Wildman–Crippen LogP) is 2.19. The van der Waals surface area contributed by atoms with Crippen molar-refractivity contribution >= 4 is 17.6 Å². The van der Waals surface area contributed by atoms with Gasteiger partial charge in [0.15, 0.2) is 6.61 Å². The van der Waals surface area contributed by atoms with E-state index in [1.165, 1.54) is 13.1 Å². The van der Waals surface area contributed by atoms with Crippen molar-refractivity contribution in [3.63, 3.8) is 0 Å². The number of ether oxygens (including phenoxy) is 1. The molecule has 0 saturated carbocycles. The molecule has 1 atom stereocenters. The molecule has 0 saturated heterocycles. The minimum absolute atomic E-state index is 0.0357. The van der Waals surface area contributed by atoms with Gasteiger partial charge in [-0.3, -0.25) is 15.0 Å². The van der Waals surface area contributed by atoms with Crippen LogP contribution in [0.5, 0.6) is 0 Å². The number of carbonyl (C=O) groups excluding carboxylic acids is 2. The number of amides is 2.